The number of hydrogen-bond acceptors (Lipinski definition) is 3. The number of ether oxygens (including phenoxy) is 1. The lowest BCUT2D eigenvalue weighted by molar-refractivity contribution is -0.142. The Balaban J connectivity index is 1.71. The monoisotopic (exact) mass is 407 g/mol. The van der Waals surface area contributed by atoms with Crippen LogP contribution in [0.25, 0.3) is 0 Å². The van der Waals surface area contributed by atoms with Gasteiger partial charge in [-0.05, 0) is 18.2 Å². The van der Waals surface area contributed by atoms with Crippen LogP contribution in [0.5, 0.6) is 0 Å². The maximum absolute atomic E-state index is 13.1. The van der Waals surface area contributed by atoms with E-state index in [1.807, 2.05) is 0 Å². The Morgan fingerprint density at radius 1 is 1.35 bits per heavy atom. The summed E-state index contributed by atoms with van der Waals surface area (Å²) < 4.78 is 45.7. The summed E-state index contributed by atoms with van der Waals surface area (Å²) in [5.41, 5.74) is -0.186. The maximum Gasteiger partial charge on any atom is 0.435 e. The Morgan fingerprint density at radius 3 is 2.85 bits per heavy atom. The maximum atomic E-state index is 13.1. The second-order valence-corrected chi connectivity index (χ2v) is 6.52. The molecule has 1 aromatic carbocycles. The van der Waals surface area contributed by atoms with Gasteiger partial charge in [0.15, 0.2) is 5.69 Å². The first-order valence-corrected chi connectivity index (χ1v) is 8.49. The number of benzene rings is 1. The lowest BCUT2D eigenvalue weighted by atomic mass is 10.1. The van der Waals surface area contributed by atoms with E-state index in [4.69, 9.17) is 27.9 Å². The van der Waals surface area contributed by atoms with Crippen LogP contribution in [0.4, 0.5) is 13.2 Å². The van der Waals surface area contributed by atoms with Gasteiger partial charge in [-0.1, -0.05) is 23.2 Å². The Hall–Kier alpha value is -1.77. The molecule has 2 heterocycles. The zero-order valence-electron chi connectivity index (χ0n) is 13.4. The standard InChI is InChI=1S/C16H14Cl2F3N3O2/c17-9-1-2-12(18)10(7-9)15(25)22-4-5-24-13-3-6-26-8-11(13)14(23-24)16(19,20)21/h1-2,7H,3-6,8H2,(H,22,25). The van der Waals surface area contributed by atoms with Crippen molar-refractivity contribution in [3.8, 4) is 0 Å². The molecule has 0 radical (unpaired) electrons. The summed E-state index contributed by atoms with van der Waals surface area (Å²) in [5.74, 6) is -0.460. The summed E-state index contributed by atoms with van der Waals surface area (Å²) in [4.78, 5) is 12.2. The van der Waals surface area contributed by atoms with Gasteiger partial charge in [-0.3, -0.25) is 9.48 Å². The Kier molecular flexibility index (Phi) is 5.45. The fourth-order valence-electron chi connectivity index (χ4n) is 2.76. The average Bonchev–Trinajstić information content (AvgIpc) is 2.96. The predicted molar refractivity (Wildman–Crippen MR) is 89.4 cm³/mol. The molecule has 0 aliphatic carbocycles. The van der Waals surface area contributed by atoms with Crippen molar-refractivity contribution in [2.45, 2.75) is 25.7 Å². The molecule has 2 aromatic rings. The Labute approximate surface area is 157 Å². The fraction of sp³-hybridized carbons (Fsp3) is 0.375. The van der Waals surface area contributed by atoms with Gasteiger partial charge >= 0.3 is 6.18 Å². The van der Waals surface area contributed by atoms with Gasteiger partial charge in [0.2, 0.25) is 0 Å². The van der Waals surface area contributed by atoms with E-state index < -0.39 is 17.8 Å². The molecule has 1 aliphatic rings. The summed E-state index contributed by atoms with van der Waals surface area (Å²) in [5, 5.41) is 6.89. The second-order valence-electron chi connectivity index (χ2n) is 5.68. The van der Waals surface area contributed by atoms with Crippen molar-refractivity contribution in [3.63, 3.8) is 0 Å². The van der Waals surface area contributed by atoms with Crippen LogP contribution < -0.4 is 5.32 Å². The number of rotatable bonds is 4. The highest BCUT2D eigenvalue weighted by Gasteiger charge is 2.39. The molecule has 140 valence electrons. The van der Waals surface area contributed by atoms with Crippen LogP contribution in [0.3, 0.4) is 0 Å². The molecular weight excluding hydrogens is 394 g/mol. The summed E-state index contributed by atoms with van der Waals surface area (Å²) in [6.45, 7) is 0.408. The van der Waals surface area contributed by atoms with E-state index >= 15 is 0 Å². The van der Waals surface area contributed by atoms with Crippen LogP contribution in [0.2, 0.25) is 10.0 Å². The summed E-state index contributed by atoms with van der Waals surface area (Å²) >= 11 is 11.8. The van der Waals surface area contributed by atoms with Crippen LogP contribution in [0.15, 0.2) is 18.2 Å². The van der Waals surface area contributed by atoms with Gasteiger partial charge in [-0.15, -0.1) is 0 Å². The number of carbonyl (C=O) groups excluding carboxylic acids is 1. The van der Waals surface area contributed by atoms with E-state index in [1.54, 1.807) is 6.07 Å². The lowest BCUT2D eigenvalue weighted by Crippen LogP contribution is -2.28. The summed E-state index contributed by atoms with van der Waals surface area (Å²) in [7, 11) is 0. The zero-order valence-corrected chi connectivity index (χ0v) is 14.9. The minimum absolute atomic E-state index is 0.0629. The molecule has 0 saturated heterocycles. The van der Waals surface area contributed by atoms with E-state index in [9.17, 15) is 18.0 Å². The number of alkyl halides is 3. The minimum atomic E-state index is -4.55. The Bertz CT molecular complexity index is 837. The van der Waals surface area contributed by atoms with Crippen molar-refractivity contribution < 1.29 is 22.7 Å². The number of nitrogens with one attached hydrogen (secondary N) is 1. The number of amides is 1. The first-order valence-electron chi connectivity index (χ1n) is 7.74. The zero-order chi connectivity index (χ0) is 18.9. The third-order valence-corrected chi connectivity index (χ3v) is 4.51. The molecule has 0 unspecified atom stereocenters. The molecule has 0 atom stereocenters. The molecule has 0 bridgehead atoms. The first kappa shape index (κ1) is 19.0. The number of fused-ring (bicyclic) bond motifs is 1. The molecule has 1 amide bonds. The number of nitrogens with zero attached hydrogens (tertiary/aromatic N) is 2. The van der Waals surface area contributed by atoms with Crippen LogP contribution in [0, 0.1) is 0 Å². The molecule has 1 aromatic heterocycles. The molecule has 0 spiro atoms. The van der Waals surface area contributed by atoms with Crippen molar-refractivity contribution >= 4 is 29.1 Å². The van der Waals surface area contributed by atoms with Crippen molar-refractivity contribution in [3.05, 3.63) is 50.8 Å². The molecule has 5 nitrogen and oxygen atoms in total. The second kappa shape index (κ2) is 7.46. The van der Waals surface area contributed by atoms with Gasteiger partial charge in [0.25, 0.3) is 5.91 Å². The Morgan fingerprint density at radius 2 is 2.12 bits per heavy atom. The van der Waals surface area contributed by atoms with Crippen LogP contribution >= 0.6 is 23.2 Å². The van der Waals surface area contributed by atoms with E-state index in [-0.39, 0.29) is 35.8 Å². The highest BCUT2D eigenvalue weighted by atomic mass is 35.5. The van der Waals surface area contributed by atoms with Crippen molar-refractivity contribution in [2.24, 2.45) is 0 Å². The molecule has 10 heteroatoms. The molecule has 1 aliphatic heterocycles. The topological polar surface area (TPSA) is 56.2 Å². The van der Waals surface area contributed by atoms with Crippen LogP contribution in [0.1, 0.15) is 27.3 Å². The molecule has 26 heavy (non-hydrogen) atoms. The van der Waals surface area contributed by atoms with Crippen LogP contribution in [-0.4, -0.2) is 28.8 Å². The number of halogens is 5. The molecule has 0 fully saturated rings. The first-order chi connectivity index (χ1) is 12.3. The van der Waals surface area contributed by atoms with Crippen LogP contribution in [-0.2, 0) is 30.5 Å². The van der Waals surface area contributed by atoms with Crippen molar-refractivity contribution in [1.82, 2.24) is 15.1 Å². The highest BCUT2D eigenvalue weighted by molar-refractivity contribution is 6.35. The number of hydrogen-bond donors (Lipinski definition) is 1. The lowest BCUT2D eigenvalue weighted by Gasteiger charge is -2.15. The average molecular weight is 408 g/mol. The normalized spacial score (nSPS) is 14.2. The molecule has 1 N–H and O–H groups in total. The third-order valence-electron chi connectivity index (χ3n) is 3.95. The van der Waals surface area contributed by atoms with E-state index in [1.165, 1.54) is 16.8 Å². The minimum Gasteiger partial charge on any atom is -0.376 e. The van der Waals surface area contributed by atoms with Gasteiger partial charge in [-0.25, -0.2) is 0 Å². The number of aromatic nitrogens is 2. The third kappa shape index (κ3) is 3.97. The summed E-state index contributed by atoms with van der Waals surface area (Å²) in [6.07, 6.45) is -4.21. The van der Waals surface area contributed by atoms with Gasteiger partial charge in [-0.2, -0.15) is 18.3 Å². The summed E-state index contributed by atoms with van der Waals surface area (Å²) in [6, 6.07) is 4.48. The van der Waals surface area contributed by atoms with E-state index in [0.717, 1.165) is 0 Å². The van der Waals surface area contributed by atoms with Gasteiger partial charge in [0, 0.05) is 29.2 Å². The molecule has 0 saturated carbocycles. The molecule has 3 rings (SSSR count). The van der Waals surface area contributed by atoms with Gasteiger partial charge < -0.3 is 10.1 Å². The van der Waals surface area contributed by atoms with Gasteiger partial charge in [0.1, 0.15) is 0 Å². The largest absolute Gasteiger partial charge is 0.435 e. The highest BCUT2D eigenvalue weighted by Crippen LogP contribution is 2.34. The predicted octanol–water partition coefficient (Wildman–Crippen LogP) is 3.71. The smallest absolute Gasteiger partial charge is 0.376 e. The SMILES string of the molecule is O=C(NCCn1nc(C(F)(F)F)c2c1CCOC2)c1cc(Cl)ccc1Cl. The van der Waals surface area contributed by atoms with Crippen molar-refractivity contribution in [2.75, 3.05) is 13.2 Å². The van der Waals surface area contributed by atoms with Gasteiger partial charge in [0.05, 0.1) is 30.3 Å². The van der Waals surface area contributed by atoms with E-state index in [2.05, 4.69) is 10.4 Å². The quantitative estimate of drug-likeness (QED) is 0.840. The fourth-order valence-corrected chi connectivity index (χ4v) is 3.14. The van der Waals surface area contributed by atoms with Crippen molar-refractivity contribution in [1.29, 1.82) is 0 Å². The van der Waals surface area contributed by atoms with E-state index in [0.29, 0.717) is 23.7 Å². The number of carbonyl (C=O) groups is 1. The molecular formula is C16H14Cl2F3N3O2.